The number of nitrogens with zero attached hydrogens (tertiary/aromatic N) is 3. The molecule has 0 atom stereocenters. The summed E-state index contributed by atoms with van der Waals surface area (Å²) in [6, 6.07) is 67.3. The number of aromatic nitrogens is 3. The first-order chi connectivity index (χ1) is 37.4. The van der Waals surface area contributed by atoms with Crippen molar-refractivity contribution in [1.82, 2.24) is 0 Å². The molecule has 0 aliphatic rings. The molecule has 3 nitrogen and oxygen atoms in total. The monoisotopic (exact) mass is 943 g/mol. The smallest absolute Gasteiger partial charge is 0.201 e. The van der Waals surface area contributed by atoms with Crippen molar-refractivity contribution in [2.24, 2.45) is 21.1 Å². The second-order valence-corrected chi connectivity index (χ2v) is 19.6. The molecule has 0 bridgehead atoms. The third kappa shape index (κ3) is 10.2. The molecule has 0 N–H and O–H groups in total. The van der Waals surface area contributed by atoms with E-state index in [-0.39, 0.29) is 0 Å². The van der Waals surface area contributed by atoms with E-state index in [1.807, 2.05) is 35.4 Å². The fourth-order valence-corrected chi connectivity index (χ4v) is 10.6. The summed E-state index contributed by atoms with van der Waals surface area (Å²) in [4.78, 5) is 0. The van der Waals surface area contributed by atoms with E-state index in [1.165, 1.54) is 72.3 Å². The van der Waals surface area contributed by atoms with Crippen molar-refractivity contribution in [3.8, 4) is 78.3 Å². The molecule has 0 amide bonds. The summed E-state index contributed by atoms with van der Waals surface area (Å²) in [6.07, 6.45) is 8.92. The lowest BCUT2D eigenvalue weighted by atomic mass is 9.85. The second kappa shape index (κ2) is 20.8. The first kappa shape index (κ1) is 40.7. The largest absolute Gasteiger partial charge is 0.212 e. The van der Waals surface area contributed by atoms with Crippen molar-refractivity contribution in [2.45, 2.75) is 60.2 Å². The van der Waals surface area contributed by atoms with E-state index in [0.717, 1.165) is 70.6 Å². The summed E-state index contributed by atoms with van der Waals surface area (Å²) in [7, 11) is 5.93. The van der Waals surface area contributed by atoms with Gasteiger partial charge < -0.3 is 0 Å². The number of pyridine rings is 3. The summed E-state index contributed by atoms with van der Waals surface area (Å²) in [5, 5.41) is 0. The van der Waals surface area contributed by atoms with Crippen LogP contribution in [-0.4, -0.2) is 0 Å². The standard InChI is InChI=1S/C69H66N3/c1-47-21-35-68(71(7)45-47)60-33-27-52(38-49(60)3)23-25-54-41-55(26-24-53-28-34-61(50(4)39-53)69-36-22-48(2)46-72(69)8)43-59(42-54)62-18-12-13-19-63(62)66-40-51(5)64(67-20-14-15-37-70(67)6)44-65(66)58-31-29-57(30-32-58)56-16-10-9-11-17-56/h9-22,27-46H,23-26H2,1-8H3/q+3/i1D3,2D3. The highest BCUT2D eigenvalue weighted by atomic mass is 14.9. The second-order valence-electron chi connectivity index (χ2n) is 19.6. The molecule has 0 saturated heterocycles. The van der Waals surface area contributed by atoms with Crippen LogP contribution in [0.4, 0.5) is 0 Å². The highest BCUT2D eigenvalue weighted by Crippen LogP contribution is 2.42. The van der Waals surface area contributed by atoms with Gasteiger partial charge in [-0.1, -0.05) is 121 Å². The molecule has 10 rings (SSSR count). The van der Waals surface area contributed by atoms with Gasteiger partial charge in [-0.3, -0.25) is 0 Å². The Morgan fingerprint density at radius 1 is 0.319 bits per heavy atom. The lowest BCUT2D eigenvalue weighted by Gasteiger charge is -2.19. The molecule has 3 heterocycles. The molecule has 0 unspecified atom stereocenters. The van der Waals surface area contributed by atoms with E-state index in [2.05, 4.69) is 202 Å². The van der Waals surface area contributed by atoms with Crippen LogP contribution >= 0.6 is 0 Å². The summed E-state index contributed by atoms with van der Waals surface area (Å²) in [5.41, 5.74) is 25.0. The lowest BCUT2D eigenvalue weighted by molar-refractivity contribution is -0.660. The number of benzene rings is 7. The van der Waals surface area contributed by atoms with Gasteiger partial charge in [0.1, 0.15) is 21.1 Å². The van der Waals surface area contributed by atoms with Crippen molar-refractivity contribution in [3.05, 3.63) is 257 Å². The van der Waals surface area contributed by atoms with E-state index >= 15 is 0 Å². The molecular weight excluding hydrogens is 871 g/mol. The molecule has 0 aliphatic carbocycles. The number of hydrogen-bond donors (Lipinski definition) is 0. The Kier molecular flexibility index (Phi) is 11.7. The molecule has 0 saturated carbocycles. The van der Waals surface area contributed by atoms with E-state index in [1.54, 1.807) is 24.5 Å². The van der Waals surface area contributed by atoms with Crippen molar-refractivity contribution in [3.63, 3.8) is 0 Å². The fraction of sp³-hybridized carbons (Fsp3) is 0.174. The lowest BCUT2D eigenvalue weighted by Crippen LogP contribution is -2.31. The van der Waals surface area contributed by atoms with Gasteiger partial charge in [0.2, 0.25) is 17.1 Å². The molecule has 0 fully saturated rings. The summed E-state index contributed by atoms with van der Waals surface area (Å²) < 4.78 is 53.5. The zero-order valence-electron chi connectivity index (χ0n) is 48.3. The van der Waals surface area contributed by atoms with Gasteiger partial charge >= 0.3 is 0 Å². The molecule has 0 radical (unpaired) electrons. The van der Waals surface area contributed by atoms with E-state index in [9.17, 15) is 0 Å². The predicted molar refractivity (Wildman–Crippen MR) is 299 cm³/mol. The van der Waals surface area contributed by atoms with Crippen molar-refractivity contribution in [2.75, 3.05) is 0 Å². The first-order valence-corrected chi connectivity index (χ1v) is 25.1. The van der Waals surface area contributed by atoms with Crippen LogP contribution in [0.5, 0.6) is 0 Å². The molecule has 3 heteroatoms. The normalized spacial score (nSPS) is 12.9. The Labute approximate surface area is 436 Å². The predicted octanol–water partition coefficient (Wildman–Crippen LogP) is 14.9. The molecule has 72 heavy (non-hydrogen) atoms. The third-order valence-electron chi connectivity index (χ3n) is 14.4. The average molecular weight is 943 g/mol. The Bertz CT molecular complexity index is 3700. The van der Waals surface area contributed by atoms with Crippen LogP contribution in [0, 0.1) is 34.5 Å². The topological polar surface area (TPSA) is 11.6 Å². The number of hydrogen-bond acceptors (Lipinski definition) is 0. The van der Waals surface area contributed by atoms with Crippen LogP contribution in [0.3, 0.4) is 0 Å². The van der Waals surface area contributed by atoms with Crippen LogP contribution in [-0.2, 0) is 46.8 Å². The van der Waals surface area contributed by atoms with Crippen molar-refractivity contribution < 1.29 is 21.9 Å². The Morgan fingerprint density at radius 2 is 0.819 bits per heavy atom. The maximum atomic E-state index is 7.91. The summed E-state index contributed by atoms with van der Waals surface area (Å²) in [5.74, 6) is 0. The van der Waals surface area contributed by atoms with Gasteiger partial charge in [-0.15, -0.1) is 0 Å². The minimum atomic E-state index is -2.16. The molecule has 10 aromatic rings. The average Bonchev–Trinajstić information content (AvgIpc) is 3.55. The minimum absolute atomic E-state index is 0.325. The van der Waals surface area contributed by atoms with Crippen LogP contribution in [0.25, 0.3) is 78.3 Å². The van der Waals surface area contributed by atoms with Gasteiger partial charge in [-0.2, -0.15) is 0 Å². The van der Waals surface area contributed by atoms with Gasteiger partial charge in [0.15, 0.2) is 18.6 Å². The maximum absolute atomic E-state index is 7.91. The third-order valence-corrected chi connectivity index (χ3v) is 14.4. The molecule has 0 aliphatic heterocycles. The molecule has 7 aromatic carbocycles. The Balaban J connectivity index is 1.03. The summed E-state index contributed by atoms with van der Waals surface area (Å²) in [6.45, 7) is 2.17. The van der Waals surface area contributed by atoms with Gasteiger partial charge in [-0.05, 0) is 186 Å². The van der Waals surface area contributed by atoms with E-state index in [0.29, 0.717) is 11.1 Å². The first-order valence-electron chi connectivity index (χ1n) is 28.1. The highest BCUT2D eigenvalue weighted by molar-refractivity contribution is 5.94. The van der Waals surface area contributed by atoms with E-state index in [4.69, 9.17) is 8.22 Å². The zero-order valence-corrected chi connectivity index (χ0v) is 42.3. The van der Waals surface area contributed by atoms with Gasteiger partial charge in [0.05, 0.1) is 0 Å². The summed E-state index contributed by atoms with van der Waals surface area (Å²) >= 11 is 0. The van der Waals surface area contributed by atoms with Gasteiger partial charge in [0.25, 0.3) is 0 Å². The van der Waals surface area contributed by atoms with Crippen LogP contribution in [0.1, 0.15) is 58.3 Å². The molecule has 354 valence electrons. The van der Waals surface area contributed by atoms with Gasteiger partial charge in [-0.25, -0.2) is 13.7 Å². The number of aryl methyl sites for hydroxylation is 12. The van der Waals surface area contributed by atoms with Gasteiger partial charge in [0, 0.05) is 60.3 Å². The van der Waals surface area contributed by atoms with Crippen LogP contribution in [0.2, 0.25) is 0 Å². The molecule has 0 spiro atoms. The molecule has 3 aromatic heterocycles. The maximum Gasteiger partial charge on any atom is 0.212 e. The van der Waals surface area contributed by atoms with E-state index < -0.39 is 13.7 Å². The van der Waals surface area contributed by atoms with Crippen LogP contribution < -0.4 is 13.7 Å². The number of rotatable bonds is 13. The van der Waals surface area contributed by atoms with Crippen LogP contribution in [0.15, 0.2) is 207 Å². The fourth-order valence-electron chi connectivity index (χ4n) is 10.6. The SMILES string of the molecule is [2H]C([2H])([2H])c1ccc(-c2ccc(CCc3cc(CCc4ccc(-c5ccc(C([2H])([2H])[2H])c[n+]5C)c(C)c4)cc(-c4ccccc4-c4cc(C)c(-c5cccc[n+]5C)cc4-c4ccc(-c5ccccc5)cc4)c3)cc2C)[n+](C)c1. The van der Waals surface area contributed by atoms with Crippen molar-refractivity contribution >= 4 is 0 Å². The molecular formula is C69H66N3+3. The Hall–Kier alpha value is -8.01. The van der Waals surface area contributed by atoms with Crippen molar-refractivity contribution in [1.29, 1.82) is 0 Å². The quantitative estimate of drug-likeness (QED) is 0.102. The Morgan fingerprint density at radius 3 is 1.38 bits per heavy atom. The highest BCUT2D eigenvalue weighted by Gasteiger charge is 2.21. The zero-order chi connectivity index (χ0) is 54.9. The minimum Gasteiger partial charge on any atom is -0.201 e.